The van der Waals surface area contributed by atoms with E-state index < -0.39 is 5.82 Å². The highest BCUT2D eigenvalue weighted by Crippen LogP contribution is 2.33. The zero-order valence-corrected chi connectivity index (χ0v) is 10.5. The molecular formula is C14H12FNO3. The molecule has 98 valence electrons. The Labute approximate surface area is 109 Å². The van der Waals surface area contributed by atoms with Crippen LogP contribution in [-0.4, -0.2) is 25.5 Å². The summed E-state index contributed by atoms with van der Waals surface area (Å²) in [5.41, 5.74) is 0.887. The summed E-state index contributed by atoms with van der Waals surface area (Å²) in [4.78, 5) is 15.1. The lowest BCUT2D eigenvalue weighted by Gasteiger charge is -2.11. The van der Waals surface area contributed by atoms with Crippen LogP contribution in [-0.2, 0) is 0 Å². The second-order valence-electron chi connectivity index (χ2n) is 3.72. The van der Waals surface area contributed by atoms with E-state index in [0.717, 1.165) is 0 Å². The van der Waals surface area contributed by atoms with Crippen LogP contribution in [0.2, 0.25) is 0 Å². The number of nitrogens with zero attached hydrogens (tertiary/aromatic N) is 1. The number of carbonyl (C=O) groups excluding carboxylic acids is 1. The largest absolute Gasteiger partial charge is 0.494 e. The van der Waals surface area contributed by atoms with Crippen molar-refractivity contribution in [1.29, 1.82) is 0 Å². The average Bonchev–Trinajstić information content (AvgIpc) is 2.46. The Bertz CT molecular complexity index is 614. The van der Waals surface area contributed by atoms with E-state index >= 15 is 0 Å². The molecule has 2 aromatic rings. The highest BCUT2D eigenvalue weighted by Gasteiger charge is 2.16. The van der Waals surface area contributed by atoms with Gasteiger partial charge in [0.1, 0.15) is 0 Å². The van der Waals surface area contributed by atoms with Crippen LogP contribution >= 0.6 is 0 Å². The van der Waals surface area contributed by atoms with Crippen molar-refractivity contribution >= 4 is 6.29 Å². The topological polar surface area (TPSA) is 48.4 Å². The Kier molecular flexibility index (Phi) is 3.75. The van der Waals surface area contributed by atoms with Crippen molar-refractivity contribution in [2.45, 2.75) is 0 Å². The van der Waals surface area contributed by atoms with Crippen LogP contribution in [0.5, 0.6) is 11.6 Å². The molecule has 4 nitrogen and oxygen atoms in total. The average molecular weight is 261 g/mol. The molecule has 1 aromatic carbocycles. The lowest BCUT2D eigenvalue weighted by Crippen LogP contribution is -1.99. The quantitative estimate of drug-likeness (QED) is 0.794. The van der Waals surface area contributed by atoms with Crippen molar-refractivity contribution < 1.29 is 18.7 Å². The number of hydrogen-bond donors (Lipinski definition) is 0. The fourth-order valence-electron chi connectivity index (χ4n) is 1.84. The van der Waals surface area contributed by atoms with Crippen LogP contribution in [0.4, 0.5) is 4.39 Å². The lowest BCUT2D eigenvalue weighted by molar-refractivity contribution is 0.112. The number of methoxy groups -OCH3 is 2. The third kappa shape index (κ3) is 2.27. The molecular weight excluding hydrogens is 249 g/mol. The van der Waals surface area contributed by atoms with Crippen molar-refractivity contribution in [2.24, 2.45) is 0 Å². The van der Waals surface area contributed by atoms with E-state index in [1.807, 2.05) is 0 Å². The number of rotatable bonds is 4. The summed E-state index contributed by atoms with van der Waals surface area (Å²) in [6.45, 7) is 0. The minimum Gasteiger partial charge on any atom is -0.494 e. The molecule has 0 aliphatic heterocycles. The summed E-state index contributed by atoms with van der Waals surface area (Å²) in [5, 5.41) is 0. The van der Waals surface area contributed by atoms with Crippen LogP contribution in [0, 0.1) is 5.82 Å². The Morgan fingerprint density at radius 3 is 2.58 bits per heavy atom. The predicted octanol–water partition coefficient (Wildman–Crippen LogP) is 2.72. The van der Waals surface area contributed by atoms with Crippen LogP contribution in [0.15, 0.2) is 30.5 Å². The SMILES string of the molecule is COc1cccc(-c2ccnc(OC)c2C=O)c1F. The molecule has 1 aromatic heterocycles. The van der Waals surface area contributed by atoms with Crippen molar-refractivity contribution in [3.8, 4) is 22.8 Å². The third-order valence-electron chi connectivity index (χ3n) is 2.74. The number of carbonyl (C=O) groups is 1. The molecule has 0 radical (unpaired) electrons. The van der Waals surface area contributed by atoms with Gasteiger partial charge in [-0.1, -0.05) is 12.1 Å². The summed E-state index contributed by atoms with van der Waals surface area (Å²) in [7, 11) is 2.79. The van der Waals surface area contributed by atoms with E-state index in [2.05, 4.69) is 4.98 Å². The Morgan fingerprint density at radius 2 is 1.95 bits per heavy atom. The van der Waals surface area contributed by atoms with Gasteiger partial charge in [-0.25, -0.2) is 9.37 Å². The number of hydrogen-bond acceptors (Lipinski definition) is 4. The number of halogens is 1. The molecule has 0 amide bonds. The number of pyridine rings is 1. The highest BCUT2D eigenvalue weighted by molar-refractivity contribution is 5.90. The second-order valence-corrected chi connectivity index (χ2v) is 3.72. The lowest BCUT2D eigenvalue weighted by atomic mass is 10.0. The van der Waals surface area contributed by atoms with E-state index in [-0.39, 0.29) is 22.8 Å². The Morgan fingerprint density at radius 1 is 1.16 bits per heavy atom. The summed E-state index contributed by atoms with van der Waals surface area (Å²) < 4.78 is 24.1. The van der Waals surface area contributed by atoms with Crippen LogP contribution < -0.4 is 9.47 Å². The molecule has 0 fully saturated rings. The maximum atomic E-state index is 14.2. The van der Waals surface area contributed by atoms with E-state index in [1.54, 1.807) is 18.2 Å². The number of aromatic nitrogens is 1. The van der Waals surface area contributed by atoms with Gasteiger partial charge in [-0.3, -0.25) is 4.79 Å². The van der Waals surface area contributed by atoms with Gasteiger partial charge >= 0.3 is 0 Å². The summed E-state index contributed by atoms with van der Waals surface area (Å²) in [6, 6.07) is 6.29. The Hall–Kier alpha value is -2.43. The molecule has 0 spiro atoms. The third-order valence-corrected chi connectivity index (χ3v) is 2.74. The molecule has 0 aliphatic carbocycles. The molecule has 0 atom stereocenters. The first kappa shape index (κ1) is 13.0. The van der Waals surface area contributed by atoms with Gasteiger partial charge in [0.15, 0.2) is 17.9 Å². The van der Waals surface area contributed by atoms with Gasteiger partial charge in [0.25, 0.3) is 0 Å². The van der Waals surface area contributed by atoms with Gasteiger partial charge < -0.3 is 9.47 Å². The fraction of sp³-hybridized carbons (Fsp3) is 0.143. The smallest absolute Gasteiger partial charge is 0.224 e. The van der Waals surface area contributed by atoms with E-state index in [1.165, 1.54) is 26.5 Å². The van der Waals surface area contributed by atoms with Gasteiger partial charge in [-0.2, -0.15) is 0 Å². The summed E-state index contributed by atoms with van der Waals surface area (Å²) >= 11 is 0. The van der Waals surface area contributed by atoms with Crippen molar-refractivity contribution in [1.82, 2.24) is 4.98 Å². The van der Waals surface area contributed by atoms with E-state index in [9.17, 15) is 9.18 Å². The number of aldehydes is 1. The molecule has 1 heterocycles. The van der Waals surface area contributed by atoms with Crippen molar-refractivity contribution in [3.05, 3.63) is 41.8 Å². The predicted molar refractivity (Wildman–Crippen MR) is 68.1 cm³/mol. The van der Waals surface area contributed by atoms with E-state index in [4.69, 9.17) is 9.47 Å². The van der Waals surface area contributed by atoms with Crippen LogP contribution in [0.25, 0.3) is 11.1 Å². The van der Waals surface area contributed by atoms with Gasteiger partial charge in [0.2, 0.25) is 5.88 Å². The monoisotopic (exact) mass is 261 g/mol. The standard InChI is InChI=1S/C14H12FNO3/c1-18-12-5-3-4-10(13(12)15)9-6-7-16-14(19-2)11(9)8-17/h3-8H,1-2H3. The minimum absolute atomic E-state index is 0.116. The fourth-order valence-corrected chi connectivity index (χ4v) is 1.84. The van der Waals surface area contributed by atoms with Crippen LogP contribution in [0.1, 0.15) is 10.4 Å². The minimum atomic E-state index is -0.527. The molecule has 2 rings (SSSR count). The molecule has 5 heteroatoms. The first-order chi connectivity index (χ1) is 9.22. The first-order valence-electron chi connectivity index (χ1n) is 5.54. The summed E-state index contributed by atoms with van der Waals surface area (Å²) in [5.74, 6) is -0.249. The highest BCUT2D eigenvalue weighted by atomic mass is 19.1. The molecule has 0 N–H and O–H groups in total. The van der Waals surface area contributed by atoms with Gasteiger partial charge in [-0.05, 0) is 12.1 Å². The molecule has 19 heavy (non-hydrogen) atoms. The molecule has 0 saturated heterocycles. The van der Waals surface area contributed by atoms with Crippen LogP contribution in [0.3, 0.4) is 0 Å². The molecule has 0 aliphatic rings. The van der Waals surface area contributed by atoms with Gasteiger partial charge in [-0.15, -0.1) is 0 Å². The zero-order chi connectivity index (χ0) is 13.8. The zero-order valence-electron chi connectivity index (χ0n) is 10.5. The second kappa shape index (κ2) is 5.48. The molecule has 0 unspecified atom stereocenters. The van der Waals surface area contributed by atoms with Crippen molar-refractivity contribution in [3.63, 3.8) is 0 Å². The summed E-state index contributed by atoms with van der Waals surface area (Å²) in [6.07, 6.45) is 2.06. The maximum absolute atomic E-state index is 14.2. The molecule has 0 bridgehead atoms. The van der Waals surface area contributed by atoms with Crippen molar-refractivity contribution in [2.75, 3.05) is 14.2 Å². The number of ether oxygens (including phenoxy) is 2. The normalized spacial score (nSPS) is 10.1. The first-order valence-corrected chi connectivity index (χ1v) is 5.54. The van der Waals surface area contributed by atoms with Gasteiger partial charge in [0, 0.05) is 17.3 Å². The maximum Gasteiger partial charge on any atom is 0.224 e. The Balaban J connectivity index is 2.69. The van der Waals surface area contributed by atoms with Gasteiger partial charge in [0.05, 0.1) is 19.8 Å². The number of benzene rings is 1. The van der Waals surface area contributed by atoms with E-state index in [0.29, 0.717) is 11.8 Å². The molecule has 0 saturated carbocycles.